The van der Waals surface area contributed by atoms with Crippen LogP contribution in [0.2, 0.25) is 0 Å². The molecule has 2 aromatic rings. The highest BCUT2D eigenvalue weighted by Gasteiger charge is 2.34. The van der Waals surface area contributed by atoms with Crippen molar-refractivity contribution in [2.75, 3.05) is 11.5 Å². The molecule has 0 aromatic heterocycles. The summed E-state index contributed by atoms with van der Waals surface area (Å²) in [5.41, 5.74) is 2.48. The number of fused-ring (bicyclic) bond motifs is 1. The van der Waals surface area contributed by atoms with Crippen molar-refractivity contribution in [1.82, 2.24) is 0 Å². The number of carbonyl (C=O) groups excluding carboxylic acids is 2. The third-order valence-corrected chi connectivity index (χ3v) is 4.44. The van der Waals surface area contributed by atoms with Crippen molar-refractivity contribution in [2.45, 2.75) is 32.4 Å². The highest BCUT2D eigenvalue weighted by Crippen LogP contribution is 2.32. The first-order valence-electron chi connectivity index (χ1n) is 8.73. The molecule has 27 heavy (non-hydrogen) atoms. The van der Waals surface area contributed by atoms with Gasteiger partial charge in [-0.15, -0.1) is 0 Å². The number of carbonyl (C=O) groups is 2. The molecular formula is C21H20N2O4. The van der Waals surface area contributed by atoms with Crippen molar-refractivity contribution in [3.63, 3.8) is 0 Å². The Kier molecular flexibility index (Phi) is 5.41. The number of hydrogen-bond donors (Lipinski definition) is 0. The summed E-state index contributed by atoms with van der Waals surface area (Å²) in [5, 5.41) is 8.77. The van der Waals surface area contributed by atoms with E-state index in [1.54, 1.807) is 36.1 Å². The number of hydrogen-bond acceptors (Lipinski definition) is 5. The lowest BCUT2D eigenvalue weighted by Crippen LogP contribution is -2.43. The summed E-state index contributed by atoms with van der Waals surface area (Å²) >= 11 is 0. The summed E-state index contributed by atoms with van der Waals surface area (Å²) in [5.74, 6) is -0.424. The number of nitriles is 1. The average molecular weight is 364 g/mol. The van der Waals surface area contributed by atoms with Crippen molar-refractivity contribution in [3.8, 4) is 11.8 Å². The fraction of sp³-hybridized carbons (Fsp3) is 0.286. The number of rotatable bonds is 5. The molecule has 6 nitrogen and oxygen atoms in total. The third kappa shape index (κ3) is 4.09. The highest BCUT2D eigenvalue weighted by molar-refractivity contribution is 5.99. The molecule has 0 aliphatic carbocycles. The average Bonchev–Trinajstić information content (AvgIpc) is 3.01. The first kappa shape index (κ1) is 18.5. The maximum atomic E-state index is 12.8. The minimum atomic E-state index is -0.907. The second-order valence-corrected chi connectivity index (χ2v) is 6.45. The van der Waals surface area contributed by atoms with Crippen molar-refractivity contribution < 1.29 is 19.1 Å². The fourth-order valence-electron chi connectivity index (χ4n) is 3.15. The van der Waals surface area contributed by atoms with Crippen LogP contribution in [0, 0.1) is 11.3 Å². The number of esters is 1. The van der Waals surface area contributed by atoms with Gasteiger partial charge in [0.15, 0.2) is 12.7 Å². The lowest BCUT2D eigenvalue weighted by molar-refractivity contribution is -0.155. The Balaban J connectivity index is 1.56. The monoisotopic (exact) mass is 364 g/mol. The zero-order valence-electron chi connectivity index (χ0n) is 15.2. The van der Waals surface area contributed by atoms with E-state index < -0.39 is 12.1 Å². The zero-order chi connectivity index (χ0) is 19.4. The van der Waals surface area contributed by atoms with Crippen molar-refractivity contribution in [3.05, 3.63) is 59.7 Å². The number of amides is 1. The molecule has 0 unspecified atom stereocenters. The topological polar surface area (TPSA) is 79.6 Å². The Hall–Kier alpha value is -3.33. The van der Waals surface area contributed by atoms with Crippen LogP contribution < -0.4 is 9.64 Å². The van der Waals surface area contributed by atoms with E-state index in [0.717, 1.165) is 17.7 Å². The smallest absolute Gasteiger partial charge is 0.344 e. The molecule has 2 aromatic carbocycles. The van der Waals surface area contributed by atoms with E-state index in [9.17, 15) is 9.59 Å². The zero-order valence-corrected chi connectivity index (χ0v) is 15.2. The minimum Gasteiger partial charge on any atom is -0.482 e. The van der Waals surface area contributed by atoms with Gasteiger partial charge in [0, 0.05) is 11.7 Å². The molecule has 0 radical (unpaired) electrons. The Morgan fingerprint density at radius 3 is 2.63 bits per heavy atom. The molecule has 1 aliphatic heterocycles. The van der Waals surface area contributed by atoms with Gasteiger partial charge >= 0.3 is 5.97 Å². The standard InChI is InChI=1S/C21H20N2O4/c1-14-11-17-5-3-4-6-19(17)23(14)21(25)15(2)27-20(24)13-26-18-9-7-16(12-22)8-10-18/h3-10,14-15H,11,13H2,1-2H3/t14-,15+/m1/s1. The van der Waals surface area contributed by atoms with Crippen LogP contribution in [0.3, 0.4) is 0 Å². The summed E-state index contributed by atoms with van der Waals surface area (Å²) in [4.78, 5) is 26.5. The van der Waals surface area contributed by atoms with Crippen molar-refractivity contribution >= 4 is 17.6 Å². The first-order valence-corrected chi connectivity index (χ1v) is 8.73. The van der Waals surface area contributed by atoms with Crippen LogP contribution >= 0.6 is 0 Å². The van der Waals surface area contributed by atoms with Crippen LogP contribution in [0.25, 0.3) is 0 Å². The van der Waals surface area contributed by atoms with Gasteiger partial charge in [-0.3, -0.25) is 4.79 Å². The molecule has 138 valence electrons. The van der Waals surface area contributed by atoms with Gasteiger partial charge in [-0.05, 0) is 56.2 Å². The van der Waals surface area contributed by atoms with Gasteiger partial charge in [0.1, 0.15) is 5.75 Å². The number of nitrogens with zero attached hydrogens (tertiary/aromatic N) is 2. The Morgan fingerprint density at radius 2 is 1.93 bits per heavy atom. The van der Waals surface area contributed by atoms with Gasteiger partial charge < -0.3 is 14.4 Å². The predicted octanol–water partition coefficient (Wildman–Crippen LogP) is 2.85. The van der Waals surface area contributed by atoms with E-state index in [4.69, 9.17) is 14.7 Å². The number of benzene rings is 2. The molecule has 0 saturated carbocycles. The maximum absolute atomic E-state index is 12.8. The van der Waals surface area contributed by atoms with Gasteiger partial charge in [0.25, 0.3) is 5.91 Å². The quantitative estimate of drug-likeness (QED) is 0.762. The van der Waals surface area contributed by atoms with Gasteiger partial charge in [-0.2, -0.15) is 5.26 Å². The second-order valence-electron chi connectivity index (χ2n) is 6.45. The Morgan fingerprint density at radius 1 is 1.22 bits per heavy atom. The third-order valence-electron chi connectivity index (χ3n) is 4.44. The summed E-state index contributed by atoms with van der Waals surface area (Å²) in [6.07, 6.45) is -0.125. The van der Waals surface area contributed by atoms with Gasteiger partial charge in [-0.1, -0.05) is 18.2 Å². The van der Waals surface area contributed by atoms with E-state index in [2.05, 4.69) is 0 Å². The van der Waals surface area contributed by atoms with E-state index in [0.29, 0.717) is 11.3 Å². The molecule has 1 amide bonds. The fourth-order valence-corrected chi connectivity index (χ4v) is 3.15. The molecule has 3 rings (SSSR count). The van der Waals surface area contributed by atoms with Gasteiger partial charge in [0.05, 0.1) is 11.6 Å². The molecule has 1 aliphatic rings. The summed E-state index contributed by atoms with van der Waals surface area (Å²) in [6, 6.07) is 16.2. The molecule has 2 atom stereocenters. The lowest BCUT2D eigenvalue weighted by Gasteiger charge is -2.25. The number of ether oxygens (including phenoxy) is 2. The molecule has 0 fully saturated rings. The lowest BCUT2D eigenvalue weighted by atomic mass is 10.1. The molecule has 0 saturated heterocycles. The highest BCUT2D eigenvalue weighted by atomic mass is 16.6. The van der Waals surface area contributed by atoms with E-state index in [1.165, 1.54) is 0 Å². The van der Waals surface area contributed by atoms with E-state index in [-0.39, 0.29) is 18.6 Å². The van der Waals surface area contributed by atoms with Crippen LogP contribution in [-0.2, 0) is 20.7 Å². The molecule has 0 spiro atoms. The maximum Gasteiger partial charge on any atom is 0.344 e. The number of para-hydroxylation sites is 1. The second kappa shape index (κ2) is 7.92. The minimum absolute atomic E-state index is 0.0194. The van der Waals surface area contributed by atoms with Crippen molar-refractivity contribution in [2.24, 2.45) is 0 Å². The molecule has 6 heteroatoms. The summed E-state index contributed by atoms with van der Waals surface area (Å²) in [7, 11) is 0. The normalized spacial score (nSPS) is 16.2. The van der Waals surface area contributed by atoms with Crippen LogP contribution in [0.1, 0.15) is 25.0 Å². The van der Waals surface area contributed by atoms with Crippen LogP contribution in [-0.4, -0.2) is 30.6 Å². The Bertz CT molecular complexity index is 886. The van der Waals surface area contributed by atoms with Crippen LogP contribution in [0.4, 0.5) is 5.69 Å². The molecule has 0 N–H and O–H groups in total. The summed E-state index contributed by atoms with van der Waals surface area (Å²) in [6.45, 7) is 3.23. The molecular weight excluding hydrogens is 344 g/mol. The van der Waals surface area contributed by atoms with Crippen LogP contribution in [0.15, 0.2) is 48.5 Å². The molecule has 0 bridgehead atoms. The van der Waals surface area contributed by atoms with Crippen LogP contribution in [0.5, 0.6) is 5.75 Å². The molecule has 1 heterocycles. The van der Waals surface area contributed by atoms with E-state index >= 15 is 0 Å². The summed E-state index contributed by atoms with van der Waals surface area (Å²) < 4.78 is 10.6. The van der Waals surface area contributed by atoms with Gasteiger partial charge in [-0.25, -0.2) is 4.79 Å². The Labute approximate surface area is 157 Å². The predicted molar refractivity (Wildman–Crippen MR) is 99.3 cm³/mol. The van der Waals surface area contributed by atoms with E-state index in [1.807, 2.05) is 37.3 Å². The largest absolute Gasteiger partial charge is 0.482 e. The van der Waals surface area contributed by atoms with Gasteiger partial charge in [0.2, 0.25) is 0 Å². The first-order chi connectivity index (χ1) is 13.0. The van der Waals surface area contributed by atoms with Crippen molar-refractivity contribution in [1.29, 1.82) is 5.26 Å². The number of anilines is 1. The SMILES string of the molecule is C[C@H](OC(=O)COc1ccc(C#N)cc1)C(=O)N1c2ccccc2C[C@H]1C.